The zero-order valence-electron chi connectivity index (χ0n) is 6.34. The van der Waals surface area contributed by atoms with Crippen LogP contribution < -0.4 is 0 Å². The third-order valence-electron chi connectivity index (χ3n) is 1.48. The van der Waals surface area contributed by atoms with Gasteiger partial charge < -0.3 is 25.5 Å². The molecule has 74 valence electrons. The Hall–Kier alpha value is -0.270. The molecule has 0 radical (unpaired) electrons. The van der Waals surface area contributed by atoms with Crippen LogP contribution in [0, 0.1) is 0 Å². The number of hydrogen-bond donors (Lipinski definition) is 5. The van der Waals surface area contributed by atoms with Gasteiger partial charge in [0, 0.05) is 0 Å². The maximum atomic E-state index is 11.7. The van der Waals surface area contributed by atoms with Gasteiger partial charge in [0.15, 0.2) is 0 Å². The summed E-state index contributed by atoms with van der Waals surface area (Å²) in [7, 11) is 0. The number of alkyl halides is 1. The standard InChI is InChI=1S/C6H13FO5/c7-1-3(9)5(11)6(12)4(10)2-8/h3-6,8-12H,1-2H2/t3-,4+,5+,6-/m1/s1. The van der Waals surface area contributed by atoms with Crippen LogP contribution in [0.4, 0.5) is 4.39 Å². The summed E-state index contributed by atoms with van der Waals surface area (Å²) in [4.78, 5) is 0. The molecule has 0 spiro atoms. The van der Waals surface area contributed by atoms with Crippen molar-refractivity contribution >= 4 is 0 Å². The lowest BCUT2D eigenvalue weighted by atomic mass is 10.0. The second-order valence-corrected chi connectivity index (χ2v) is 2.45. The molecule has 0 aliphatic carbocycles. The number of halogens is 1. The molecule has 0 aliphatic heterocycles. The van der Waals surface area contributed by atoms with Crippen LogP contribution >= 0.6 is 0 Å². The van der Waals surface area contributed by atoms with E-state index in [0.717, 1.165) is 0 Å². The van der Waals surface area contributed by atoms with Gasteiger partial charge in [-0.1, -0.05) is 0 Å². The molecular weight excluding hydrogens is 171 g/mol. The molecule has 0 heterocycles. The lowest BCUT2D eigenvalue weighted by Crippen LogP contribution is -2.46. The molecule has 0 amide bonds. The zero-order chi connectivity index (χ0) is 9.72. The third kappa shape index (κ3) is 3.00. The molecule has 5 N–H and O–H groups in total. The maximum absolute atomic E-state index is 11.7. The maximum Gasteiger partial charge on any atom is 0.118 e. The van der Waals surface area contributed by atoms with Gasteiger partial charge in [0.05, 0.1) is 6.61 Å². The number of rotatable bonds is 5. The summed E-state index contributed by atoms with van der Waals surface area (Å²) in [5, 5.41) is 43.5. The molecule has 0 saturated heterocycles. The van der Waals surface area contributed by atoms with Gasteiger partial charge in [0.1, 0.15) is 31.1 Å². The molecule has 0 bridgehead atoms. The zero-order valence-corrected chi connectivity index (χ0v) is 6.34. The van der Waals surface area contributed by atoms with Crippen LogP contribution in [0.1, 0.15) is 0 Å². The first-order valence-corrected chi connectivity index (χ1v) is 3.43. The molecule has 4 atom stereocenters. The van der Waals surface area contributed by atoms with Gasteiger partial charge in [-0.2, -0.15) is 0 Å². The van der Waals surface area contributed by atoms with Gasteiger partial charge in [-0.25, -0.2) is 4.39 Å². The predicted octanol–water partition coefficient (Wildman–Crippen LogP) is -2.61. The van der Waals surface area contributed by atoms with Crippen LogP contribution in [0.25, 0.3) is 0 Å². The Balaban J connectivity index is 3.99. The van der Waals surface area contributed by atoms with Crippen molar-refractivity contribution in [3.8, 4) is 0 Å². The largest absolute Gasteiger partial charge is 0.394 e. The quantitative estimate of drug-likeness (QED) is 0.322. The molecule has 0 aliphatic rings. The Kier molecular flexibility index (Phi) is 5.27. The van der Waals surface area contributed by atoms with Crippen LogP contribution in [0.5, 0.6) is 0 Å². The Morgan fingerprint density at radius 2 is 1.33 bits per heavy atom. The summed E-state index contributed by atoms with van der Waals surface area (Å²) in [5.41, 5.74) is 0. The van der Waals surface area contributed by atoms with Gasteiger partial charge in [-0.15, -0.1) is 0 Å². The van der Waals surface area contributed by atoms with E-state index in [-0.39, 0.29) is 0 Å². The second kappa shape index (κ2) is 5.39. The van der Waals surface area contributed by atoms with Crippen molar-refractivity contribution < 1.29 is 29.9 Å². The van der Waals surface area contributed by atoms with Crippen molar-refractivity contribution in [3.63, 3.8) is 0 Å². The van der Waals surface area contributed by atoms with Crippen LogP contribution in [0.3, 0.4) is 0 Å². The van der Waals surface area contributed by atoms with E-state index < -0.39 is 37.7 Å². The van der Waals surface area contributed by atoms with Crippen molar-refractivity contribution in [2.45, 2.75) is 24.4 Å². The minimum absolute atomic E-state index is 0.767. The minimum atomic E-state index is -1.79. The lowest BCUT2D eigenvalue weighted by Gasteiger charge is -2.23. The molecule has 0 aromatic heterocycles. The Bertz CT molecular complexity index is 109. The topological polar surface area (TPSA) is 101 Å². The highest BCUT2D eigenvalue weighted by molar-refractivity contribution is 4.79. The van der Waals surface area contributed by atoms with E-state index in [2.05, 4.69) is 0 Å². The Labute approximate surface area is 68.7 Å². The first kappa shape index (κ1) is 11.7. The summed E-state index contributed by atoms with van der Waals surface area (Å²) >= 11 is 0. The van der Waals surface area contributed by atoms with E-state index in [9.17, 15) is 4.39 Å². The van der Waals surface area contributed by atoms with Crippen molar-refractivity contribution in [2.24, 2.45) is 0 Å². The van der Waals surface area contributed by atoms with E-state index >= 15 is 0 Å². The number of aliphatic hydroxyl groups is 5. The molecular formula is C6H13FO5. The molecule has 12 heavy (non-hydrogen) atoms. The van der Waals surface area contributed by atoms with Crippen molar-refractivity contribution in [1.82, 2.24) is 0 Å². The van der Waals surface area contributed by atoms with Gasteiger partial charge in [0.25, 0.3) is 0 Å². The van der Waals surface area contributed by atoms with Gasteiger partial charge in [-0.3, -0.25) is 0 Å². The van der Waals surface area contributed by atoms with Gasteiger partial charge >= 0.3 is 0 Å². The summed E-state index contributed by atoms with van der Waals surface area (Å²) in [6.45, 7) is -1.99. The Morgan fingerprint density at radius 3 is 1.67 bits per heavy atom. The van der Waals surface area contributed by atoms with Crippen LogP contribution in [-0.2, 0) is 0 Å². The smallest absolute Gasteiger partial charge is 0.118 e. The van der Waals surface area contributed by atoms with Crippen molar-refractivity contribution in [3.05, 3.63) is 0 Å². The normalized spacial score (nSPS) is 21.5. The van der Waals surface area contributed by atoms with Gasteiger partial charge in [-0.05, 0) is 0 Å². The number of hydrogen-bond acceptors (Lipinski definition) is 5. The van der Waals surface area contributed by atoms with Gasteiger partial charge in [0.2, 0.25) is 0 Å². The summed E-state index contributed by atoms with van der Waals surface area (Å²) in [5.74, 6) is 0. The average molecular weight is 184 g/mol. The fourth-order valence-corrected chi connectivity index (χ4v) is 0.654. The molecule has 0 aromatic carbocycles. The fraction of sp³-hybridized carbons (Fsp3) is 1.00. The van der Waals surface area contributed by atoms with Crippen molar-refractivity contribution in [1.29, 1.82) is 0 Å². The lowest BCUT2D eigenvalue weighted by molar-refractivity contribution is -0.118. The number of aliphatic hydroxyl groups excluding tert-OH is 5. The van der Waals surface area contributed by atoms with E-state index in [1.54, 1.807) is 0 Å². The van der Waals surface area contributed by atoms with E-state index in [1.807, 2.05) is 0 Å². The Morgan fingerprint density at radius 1 is 0.917 bits per heavy atom. The van der Waals surface area contributed by atoms with E-state index in [0.29, 0.717) is 0 Å². The summed E-state index contributed by atoms with van der Waals surface area (Å²) in [6, 6.07) is 0. The first-order chi connectivity index (χ1) is 5.54. The summed E-state index contributed by atoms with van der Waals surface area (Å²) in [6.07, 6.45) is -6.87. The van der Waals surface area contributed by atoms with E-state index in [4.69, 9.17) is 25.5 Å². The summed E-state index contributed by atoms with van der Waals surface area (Å²) < 4.78 is 11.7. The SMILES string of the molecule is OC[C@H](O)[C@@H](O)[C@@H](O)[C@H](O)CF. The monoisotopic (exact) mass is 184 g/mol. The third-order valence-corrected chi connectivity index (χ3v) is 1.48. The fourth-order valence-electron chi connectivity index (χ4n) is 0.654. The highest BCUT2D eigenvalue weighted by Crippen LogP contribution is 2.04. The molecule has 0 aromatic rings. The first-order valence-electron chi connectivity index (χ1n) is 3.43. The second-order valence-electron chi connectivity index (χ2n) is 2.45. The van der Waals surface area contributed by atoms with Crippen LogP contribution in [0.15, 0.2) is 0 Å². The molecule has 0 fully saturated rings. The van der Waals surface area contributed by atoms with Crippen LogP contribution in [-0.4, -0.2) is 63.2 Å². The van der Waals surface area contributed by atoms with Crippen molar-refractivity contribution in [2.75, 3.05) is 13.3 Å². The molecule has 6 heteroatoms. The highest BCUT2D eigenvalue weighted by Gasteiger charge is 2.29. The predicted molar refractivity (Wildman–Crippen MR) is 37.1 cm³/mol. The molecule has 0 unspecified atom stereocenters. The van der Waals surface area contributed by atoms with Crippen LogP contribution in [0.2, 0.25) is 0 Å². The van der Waals surface area contributed by atoms with E-state index in [1.165, 1.54) is 0 Å². The molecule has 0 rings (SSSR count). The average Bonchev–Trinajstić information content (AvgIpc) is 2.12. The molecule has 5 nitrogen and oxygen atoms in total. The molecule has 0 saturated carbocycles. The minimum Gasteiger partial charge on any atom is -0.394 e. The highest BCUT2D eigenvalue weighted by atomic mass is 19.1.